The number of rotatable bonds is 8. The number of benzene rings is 1. The molecule has 0 saturated carbocycles. The van der Waals surface area contributed by atoms with E-state index in [2.05, 4.69) is 5.32 Å². The molecule has 0 saturated heterocycles. The molecule has 1 aliphatic rings. The molecule has 0 radical (unpaired) electrons. The van der Waals surface area contributed by atoms with Gasteiger partial charge in [0, 0.05) is 26.4 Å². The van der Waals surface area contributed by atoms with Gasteiger partial charge in [-0.3, -0.25) is 10.1 Å². The Morgan fingerprint density at radius 1 is 0.968 bits per heavy atom. The van der Waals surface area contributed by atoms with Crippen molar-refractivity contribution in [3.05, 3.63) is 62.5 Å². The lowest BCUT2D eigenvalue weighted by atomic mass is 9.78. The van der Waals surface area contributed by atoms with Crippen LogP contribution in [0.1, 0.15) is 25.3 Å². The first-order valence-corrected chi connectivity index (χ1v) is 9.43. The van der Waals surface area contributed by atoms with Gasteiger partial charge in [0.15, 0.2) is 0 Å². The summed E-state index contributed by atoms with van der Waals surface area (Å²) in [4.78, 5) is 36.6. The number of ether oxygens (including phenoxy) is 4. The summed E-state index contributed by atoms with van der Waals surface area (Å²) in [5.74, 6) is -2.44. The van der Waals surface area contributed by atoms with Crippen molar-refractivity contribution in [3.63, 3.8) is 0 Å². The normalized spacial score (nSPS) is 18.2. The van der Waals surface area contributed by atoms with Crippen molar-refractivity contribution in [2.45, 2.75) is 32.0 Å². The number of carbonyl (C=O) groups is 2. The minimum Gasteiger partial charge on any atom is -0.466 e. The maximum Gasteiger partial charge on any atom is 0.336 e. The third-order valence-corrected chi connectivity index (χ3v) is 5.17. The van der Waals surface area contributed by atoms with Crippen molar-refractivity contribution in [1.82, 2.24) is 5.32 Å². The van der Waals surface area contributed by atoms with Crippen LogP contribution in [-0.2, 0) is 28.5 Å². The Balaban J connectivity index is 2.94. The highest BCUT2D eigenvalue weighted by Gasteiger charge is 2.42. The molecule has 2 rings (SSSR count). The van der Waals surface area contributed by atoms with Gasteiger partial charge in [-0.25, -0.2) is 9.59 Å². The lowest BCUT2D eigenvalue weighted by Gasteiger charge is -2.35. The van der Waals surface area contributed by atoms with E-state index < -0.39 is 35.0 Å². The summed E-state index contributed by atoms with van der Waals surface area (Å²) in [7, 11) is 5.36. The number of nitro groups is 1. The van der Waals surface area contributed by atoms with Crippen molar-refractivity contribution in [1.29, 1.82) is 0 Å². The van der Waals surface area contributed by atoms with E-state index in [-0.39, 0.29) is 16.8 Å². The summed E-state index contributed by atoms with van der Waals surface area (Å²) in [5, 5.41) is 14.5. The van der Waals surface area contributed by atoms with Crippen LogP contribution in [0.15, 0.2) is 46.8 Å². The fourth-order valence-corrected chi connectivity index (χ4v) is 3.44. The summed E-state index contributed by atoms with van der Waals surface area (Å²) < 4.78 is 20.8. The first-order valence-electron chi connectivity index (χ1n) is 9.43. The number of nitrogens with one attached hydrogen (secondary N) is 1. The molecule has 1 aliphatic heterocycles. The zero-order chi connectivity index (χ0) is 23.3. The Hall–Kier alpha value is -3.24. The fourth-order valence-electron chi connectivity index (χ4n) is 3.44. The predicted octanol–water partition coefficient (Wildman–Crippen LogP) is 2.21. The van der Waals surface area contributed by atoms with Gasteiger partial charge in [-0.15, -0.1) is 0 Å². The van der Waals surface area contributed by atoms with Gasteiger partial charge in [-0.05, 0) is 19.4 Å². The van der Waals surface area contributed by atoms with E-state index in [1.165, 1.54) is 46.6 Å². The molecule has 31 heavy (non-hydrogen) atoms. The van der Waals surface area contributed by atoms with E-state index in [1.807, 2.05) is 0 Å². The van der Waals surface area contributed by atoms with E-state index in [0.29, 0.717) is 17.0 Å². The zero-order valence-corrected chi connectivity index (χ0v) is 18.3. The van der Waals surface area contributed by atoms with Gasteiger partial charge in [0.05, 0.1) is 59.8 Å². The minimum atomic E-state index is -1.01. The van der Waals surface area contributed by atoms with Gasteiger partial charge in [-0.2, -0.15) is 0 Å². The van der Waals surface area contributed by atoms with Crippen molar-refractivity contribution < 1.29 is 33.5 Å². The van der Waals surface area contributed by atoms with Crippen molar-refractivity contribution in [2.24, 2.45) is 0 Å². The predicted molar refractivity (Wildman–Crippen MR) is 110 cm³/mol. The first kappa shape index (κ1) is 24.0. The van der Waals surface area contributed by atoms with Crippen LogP contribution in [0.5, 0.6) is 0 Å². The molecule has 0 fully saturated rings. The largest absolute Gasteiger partial charge is 0.466 e. The molecule has 0 amide bonds. The SMILES string of the molecule is COC(=O)C1=C(C(C)OC)NC(C(C)OC)=C(C(=O)OC)C1c1cccc([N+](=O)[O-])c1. The Labute approximate surface area is 180 Å². The lowest BCUT2D eigenvalue weighted by Crippen LogP contribution is -2.40. The molecule has 0 spiro atoms. The van der Waals surface area contributed by atoms with E-state index >= 15 is 0 Å². The summed E-state index contributed by atoms with van der Waals surface area (Å²) >= 11 is 0. The average Bonchev–Trinajstić information content (AvgIpc) is 2.80. The van der Waals surface area contributed by atoms with Crippen molar-refractivity contribution in [2.75, 3.05) is 28.4 Å². The number of carbonyl (C=O) groups excluding carboxylic acids is 2. The fraction of sp³-hybridized carbons (Fsp3) is 0.429. The smallest absolute Gasteiger partial charge is 0.336 e. The summed E-state index contributed by atoms with van der Waals surface area (Å²) in [6, 6.07) is 5.72. The Morgan fingerprint density at radius 3 is 1.84 bits per heavy atom. The highest BCUT2D eigenvalue weighted by Crippen LogP contribution is 2.42. The summed E-state index contributed by atoms with van der Waals surface area (Å²) in [6.07, 6.45) is -1.18. The summed E-state index contributed by atoms with van der Waals surface area (Å²) in [6.45, 7) is 3.43. The third-order valence-electron chi connectivity index (χ3n) is 5.17. The summed E-state index contributed by atoms with van der Waals surface area (Å²) in [5.41, 5.74) is 1.05. The Bertz CT molecular complexity index is 891. The second-order valence-corrected chi connectivity index (χ2v) is 6.80. The number of non-ortho nitro benzene ring substituents is 1. The zero-order valence-electron chi connectivity index (χ0n) is 18.3. The van der Waals surface area contributed by atoms with E-state index in [4.69, 9.17) is 18.9 Å². The van der Waals surface area contributed by atoms with Gasteiger partial charge in [0.2, 0.25) is 0 Å². The number of hydrogen-bond acceptors (Lipinski definition) is 9. The highest BCUT2D eigenvalue weighted by molar-refractivity contribution is 6.00. The van der Waals surface area contributed by atoms with Crippen LogP contribution in [0.2, 0.25) is 0 Å². The molecule has 2 unspecified atom stereocenters. The second kappa shape index (κ2) is 10.2. The van der Waals surface area contributed by atoms with Gasteiger partial charge in [0.25, 0.3) is 5.69 Å². The Morgan fingerprint density at radius 2 is 1.45 bits per heavy atom. The van der Waals surface area contributed by atoms with Crippen LogP contribution < -0.4 is 5.32 Å². The molecule has 10 heteroatoms. The topological polar surface area (TPSA) is 126 Å². The molecule has 2 atom stereocenters. The molecule has 0 aliphatic carbocycles. The van der Waals surface area contributed by atoms with Gasteiger partial charge in [-0.1, -0.05) is 12.1 Å². The molecular weight excluding hydrogens is 408 g/mol. The van der Waals surface area contributed by atoms with Crippen LogP contribution in [0.3, 0.4) is 0 Å². The van der Waals surface area contributed by atoms with E-state index in [1.54, 1.807) is 19.9 Å². The van der Waals surface area contributed by atoms with Crippen LogP contribution in [0.25, 0.3) is 0 Å². The number of esters is 2. The molecule has 0 bridgehead atoms. The monoisotopic (exact) mass is 434 g/mol. The van der Waals surface area contributed by atoms with Gasteiger partial charge in [0.1, 0.15) is 0 Å². The lowest BCUT2D eigenvalue weighted by molar-refractivity contribution is -0.384. The van der Waals surface area contributed by atoms with Crippen LogP contribution >= 0.6 is 0 Å². The standard InChI is InChI=1S/C21H26N2O8/c1-11(28-3)18-16(20(24)30-5)15(13-8-7-9-14(10-13)23(26)27)17(21(25)31-6)19(22-18)12(2)29-4/h7-12,15,22H,1-6H3. The van der Waals surface area contributed by atoms with Crippen LogP contribution in [-0.4, -0.2) is 57.5 Å². The molecule has 0 aromatic heterocycles. The quantitative estimate of drug-likeness (QED) is 0.372. The molecule has 10 nitrogen and oxygen atoms in total. The number of methoxy groups -OCH3 is 4. The molecule has 1 aromatic rings. The number of nitro benzene ring substituents is 1. The van der Waals surface area contributed by atoms with Gasteiger partial charge >= 0.3 is 11.9 Å². The molecule has 1 N–H and O–H groups in total. The van der Waals surface area contributed by atoms with E-state index in [0.717, 1.165) is 0 Å². The Kier molecular flexibility index (Phi) is 7.89. The number of nitrogens with zero attached hydrogens (tertiary/aromatic N) is 1. The third kappa shape index (κ3) is 4.75. The average molecular weight is 434 g/mol. The van der Waals surface area contributed by atoms with Crippen molar-refractivity contribution >= 4 is 17.6 Å². The van der Waals surface area contributed by atoms with Gasteiger partial charge < -0.3 is 24.3 Å². The minimum absolute atomic E-state index is 0.0878. The van der Waals surface area contributed by atoms with Crippen LogP contribution in [0.4, 0.5) is 5.69 Å². The number of hydrogen-bond donors (Lipinski definition) is 1. The van der Waals surface area contributed by atoms with E-state index in [9.17, 15) is 19.7 Å². The maximum atomic E-state index is 12.9. The number of dihydropyridines is 1. The highest BCUT2D eigenvalue weighted by atomic mass is 16.6. The molecule has 168 valence electrons. The second-order valence-electron chi connectivity index (χ2n) is 6.80. The molecule has 1 aromatic carbocycles. The van der Waals surface area contributed by atoms with Crippen LogP contribution in [0, 0.1) is 10.1 Å². The molecular formula is C21H26N2O8. The molecule has 1 heterocycles. The van der Waals surface area contributed by atoms with Crippen molar-refractivity contribution in [3.8, 4) is 0 Å². The first-order chi connectivity index (χ1) is 14.7. The maximum absolute atomic E-state index is 12.9.